The van der Waals surface area contributed by atoms with E-state index in [1.807, 2.05) is 0 Å². The predicted molar refractivity (Wildman–Crippen MR) is 78.8 cm³/mol. The molecule has 0 aliphatic heterocycles. The lowest BCUT2D eigenvalue weighted by Crippen LogP contribution is -2.43. The van der Waals surface area contributed by atoms with Gasteiger partial charge in [0.2, 0.25) is 0 Å². The molecule has 0 aromatic carbocycles. The van der Waals surface area contributed by atoms with Crippen LogP contribution >= 0.6 is 0 Å². The van der Waals surface area contributed by atoms with Crippen LogP contribution in [0.1, 0.15) is 60.8 Å². The maximum Gasteiger partial charge on any atom is 0.0519 e. The van der Waals surface area contributed by atoms with Gasteiger partial charge >= 0.3 is 0 Å². The third-order valence-corrected chi connectivity index (χ3v) is 3.94. The smallest absolute Gasteiger partial charge is 0.0519 e. The molecular formula is C16H33NO. The van der Waals surface area contributed by atoms with E-state index in [-0.39, 0.29) is 5.54 Å². The number of hydrogen-bond acceptors (Lipinski definition) is 2. The van der Waals surface area contributed by atoms with Crippen LogP contribution in [0, 0.1) is 17.8 Å². The fraction of sp³-hybridized carbons (Fsp3) is 1.00. The third-order valence-electron chi connectivity index (χ3n) is 3.94. The summed E-state index contributed by atoms with van der Waals surface area (Å²) in [5, 5.41) is 3.67. The van der Waals surface area contributed by atoms with Crippen molar-refractivity contribution < 1.29 is 4.74 Å². The van der Waals surface area contributed by atoms with Crippen molar-refractivity contribution in [1.82, 2.24) is 5.32 Å². The lowest BCUT2D eigenvalue weighted by atomic mass is 9.74. The van der Waals surface area contributed by atoms with E-state index >= 15 is 0 Å². The molecule has 108 valence electrons. The monoisotopic (exact) mass is 255 g/mol. The predicted octanol–water partition coefficient (Wildman–Crippen LogP) is 3.85. The van der Waals surface area contributed by atoms with E-state index in [0.29, 0.717) is 6.10 Å². The molecule has 1 rings (SSSR count). The first-order chi connectivity index (χ1) is 8.28. The van der Waals surface area contributed by atoms with Crippen molar-refractivity contribution in [2.24, 2.45) is 17.8 Å². The van der Waals surface area contributed by atoms with Crippen molar-refractivity contribution in [1.29, 1.82) is 0 Å². The zero-order valence-corrected chi connectivity index (χ0v) is 13.3. The molecule has 0 aromatic heterocycles. The van der Waals surface area contributed by atoms with Crippen molar-refractivity contribution in [3.8, 4) is 0 Å². The van der Waals surface area contributed by atoms with Crippen LogP contribution in [0.15, 0.2) is 0 Å². The highest BCUT2D eigenvalue weighted by Crippen LogP contribution is 2.34. The molecule has 0 heterocycles. The lowest BCUT2D eigenvalue weighted by Gasteiger charge is -2.37. The molecule has 3 unspecified atom stereocenters. The Labute approximate surface area is 114 Å². The van der Waals surface area contributed by atoms with Gasteiger partial charge in [0.15, 0.2) is 0 Å². The number of nitrogens with one attached hydrogen (secondary N) is 1. The second-order valence-corrected chi connectivity index (χ2v) is 7.45. The maximum absolute atomic E-state index is 5.86. The molecule has 1 aliphatic rings. The van der Waals surface area contributed by atoms with Crippen molar-refractivity contribution in [3.05, 3.63) is 0 Å². The molecule has 3 atom stereocenters. The molecule has 0 amide bonds. The second kappa shape index (κ2) is 6.91. The molecule has 1 aliphatic carbocycles. The van der Waals surface area contributed by atoms with Gasteiger partial charge in [-0.05, 0) is 71.8 Å². The normalized spacial score (nSPS) is 29.8. The molecule has 0 radical (unpaired) electrons. The van der Waals surface area contributed by atoms with Crippen molar-refractivity contribution >= 4 is 0 Å². The van der Waals surface area contributed by atoms with E-state index in [4.69, 9.17) is 4.74 Å². The summed E-state index contributed by atoms with van der Waals surface area (Å²) >= 11 is 0. The first-order valence-electron chi connectivity index (χ1n) is 7.64. The summed E-state index contributed by atoms with van der Waals surface area (Å²) in [4.78, 5) is 0. The molecule has 0 spiro atoms. The van der Waals surface area contributed by atoms with Crippen LogP contribution in [0.3, 0.4) is 0 Å². The van der Waals surface area contributed by atoms with E-state index in [0.717, 1.165) is 30.9 Å². The Morgan fingerprint density at radius 1 is 1.17 bits per heavy atom. The van der Waals surface area contributed by atoms with Crippen LogP contribution in [0.5, 0.6) is 0 Å². The minimum absolute atomic E-state index is 0.229. The Bertz CT molecular complexity index is 232. The van der Waals surface area contributed by atoms with Gasteiger partial charge in [-0.3, -0.25) is 0 Å². The van der Waals surface area contributed by atoms with Crippen LogP contribution in [0.4, 0.5) is 0 Å². The fourth-order valence-corrected chi connectivity index (χ4v) is 2.79. The topological polar surface area (TPSA) is 21.3 Å². The molecule has 1 N–H and O–H groups in total. The quantitative estimate of drug-likeness (QED) is 0.805. The van der Waals surface area contributed by atoms with E-state index < -0.39 is 0 Å². The Morgan fingerprint density at radius 2 is 1.83 bits per heavy atom. The second-order valence-electron chi connectivity index (χ2n) is 7.45. The van der Waals surface area contributed by atoms with Crippen LogP contribution in [0.2, 0.25) is 0 Å². The summed E-state index contributed by atoms with van der Waals surface area (Å²) in [6, 6.07) is 0. The Balaban J connectivity index is 2.45. The van der Waals surface area contributed by atoms with Crippen molar-refractivity contribution in [2.75, 3.05) is 13.2 Å². The molecule has 18 heavy (non-hydrogen) atoms. The highest BCUT2D eigenvalue weighted by Gasteiger charge is 2.29. The molecule has 2 heteroatoms. The van der Waals surface area contributed by atoms with Gasteiger partial charge in [0.05, 0.1) is 12.7 Å². The Hall–Kier alpha value is -0.0800. The van der Waals surface area contributed by atoms with Crippen molar-refractivity contribution in [2.45, 2.75) is 72.4 Å². The van der Waals surface area contributed by atoms with Gasteiger partial charge in [0.25, 0.3) is 0 Å². The molecule has 1 fully saturated rings. The van der Waals surface area contributed by atoms with Crippen LogP contribution < -0.4 is 5.32 Å². The molecule has 2 nitrogen and oxygen atoms in total. The fourth-order valence-electron chi connectivity index (χ4n) is 2.79. The first-order valence-corrected chi connectivity index (χ1v) is 7.64. The van der Waals surface area contributed by atoms with Crippen LogP contribution in [0.25, 0.3) is 0 Å². The minimum Gasteiger partial charge on any atom is -0.378 e. The Morgan fingerprint density at radius 3 is 2.39 bits per heavy atom. The molecule has 0 aromatic rings. The summed E-state index contributed by atoms with van der Waals surface area (Å²) in [7, 11) is 0. The number of hydrogen-bond donors (Lipinski definition) is 1. The van der Waals surface area contributed by atoms with E-state index in [2.05, 4.69) is 46.9 Å². The van der Waals surface area contributed by atoms with Crippen LogP contribution in [-0.2, 0) is 4.74 Å². The van der Waals surface area contributed by atoms with Gasteiger partial charge in [-0.2, -0.15) is 0 Å². The number of ether oxygens (including phenoxy) is 1. The highest BCUT2D eigenvalue weighted by atomic mass is 16.5. The SMILES string of the molecule is CC1CCC(CNC(C)(C)C)C(COC(C)C)C1. The van der Waals surface area contributed by atoms with E-state index in [1.54, 1.807) is 0 Å². The minimum atomic E-state index is 0.229. The van der Waals surface area contributed by atoms with Gasteiger partial charge in [-0.15, -0.1) is 0 Å². The standard InChI is InChI=1S/C16H33NO/c1-12(2)18-11-15-9-13(3)7-8-14(15)10-17-16(4,5)6/h12-15,17H,7-11H2,1-6H3. The summed E-state index contributed by atoms with van der Waals surface area (Å²) in [5.41, 5.74) is 0.229. The van der Waals surface area contributed by atoms with E-state index in [9.17, 15) is 0 Å². The van der Waals surface area contributed by atoms with Gasteiger partial charge in [-0.25, -0.2) is 0 Å². The maximum atomic E-state index is 5.86. The van der Waals surface area contributed by atoms with Gasteiger partial charge in [0.1, 0.15) is 0 Å². The largest absolute Gasteiger partial charge is 0.378 e. The summed E-state index contributed by atoms with van der Waals surface area (Å²) in [5.74, 6) is 2.40. The van der Waals surface area contributed by atoms with Gasteiger partial charge < -0.3 is 10.1 Å². The van der Waals surface area contributed by atoms with Crippen molar-refractivity contribution in [3.63, 3.8) is 0 Å². The van der Waals surface area contributed by atoms with Crippen LogP contribution in [-0.4, -0.2) is 24.8 Å². The third kappa shape index (κ3) is 6.19. The molecule has 0 bridgehead atoms. The van der Waals surface area contributed by atoms with Gasteiger partial charge in [0, 0.05) is 5.54 Å². The molecule has 1 saturated carbocycles. The van der Waals surface area contributed by atoms with Gasteiger partial charge in [-0.1, -0.05) is 13.3 Å². The average molecular weight is 255 g/mol. The summed E-state index contributed by atoms with van der Waals surface area (Å²) in [6.45, 7) is 15.5. The molecular weight excluding hydrogens is 222 g/mol. The zero-order valence-electron chi connectivity index (χ0n) is 13.3. The Kier molecular flexibility index (Phi) is 6.13. The van der Waals surface area contributed by atoms with E-state index in [1.165, 1.54) is 19.3 Å². The summed E-state index contributed by atoms with van der Waals surface area (Å²) in [6.07, 6.45) is 4.44. The average Bonchev–Trinajstić information content (AvgIpc) is 2.23. The zero-order chi connectivity index (χ0) is 13.8. The molecule has 0 saturated heterocycles. The summed E-state index contributed by atoms with van der Waals surface area (Å²) < 4.78 is 5.86. The first kappa shape index (κ1) is 16.0. The lowest BCUT2D eigenvalue weighted by molar-refractivity contribution is 0.0131. The number of rotatable bonds is 5. The highest BCUT2D eigenvalue weighted by molar-refractivity contribution is 4.82.